The van der Waals surface area contributed by atoms with Crippen molar-refractivity contribution in [3.63, 3.8) is 0 Å². The van der Waals surface area contributed by atoms with E-state index in [1.165, 1.54) is 30.5 Å². The van der Waals surface area contributed by atoms with E-state index in [1.54, 1.807) is 36.4 Å². The normalized spacial score (nSPS) is 9.92. The molecule has 2 aromatic carbocycles. The van der Waals surface area contributed by atoms with Gasteiger partial charge in [-0.25, -0.2) is 9.37 Å². The monoisotopic (exact) mass is 332 g/mol. The third-order valence-electron chi connectivity index (χ3n) is 3.39. The second-order valence-electron chi connectivity index (χ2n) is 5.21. The van der Waals surface area contributed by atoms with Crippen LogP contribution >= 0.6 is 0 Å². The molecule has 0 aliphatic heterocycles. The minimum absolute atomic E-state index is 0.236. The Bertz CT molecular complexity index is 931. The van der Waals surface area contributed by atoms with E-state index in [0.717, 1.165) is 5.69 Å². The summed E-state index contributed by atoms with van der Waals surface area (Å²) in [7, 11) is 0. The summed E-state index contributed by atoms with van der Waals surface area (Å²) >= 11 is 0. The molecule has 3 aromatic rings. The molecule has 0 spiro atoms. The highest BCUT2D eigenvalue weighted by Gasteiger charge is 2.07. The number of nitrogens with zero attached hydrogens (tertiary/aromatic N) is 2. The number of carbonyl (C=O) groups excluding carboxylic acids is 1. The smallest absolute Gasteiger partial charge is 0.255 e. The van der Waals surface area contributed by atoms with Crippen LogP contribution in [0.15, 0.2) is 66.9 Å². The van der Waals surface area contributed by atoms with Gasteiger partial charge in [-0.1, -0.05) is 6.07 Å². The van der Waals surface area contributed by atoms with Gasteiger partial charge >= 0.3 is 0 Å². The molecular weight excluding hydrogens is 319 g/mol. The molecule has 6 heteroatoms. The summed E-state index contributed by atoms with van der Waals surface area (Å²) in [5, 5.41) is 14.5. The minimum Gasteiger partial charge on any atom is -0.340 e. The van der Waals surface area contributed by atoms with E-state index in [-0.39, 0.29) is 5.56 Å². The zero-order valence-electron chi connectivity index (χ0n) is 13.0. The Morgan fingerprint density at radius 3 is 2.44 bits per heavy atom. The van der Waals surface area contributed by atoms with Gasteiger partial charge in [0.15, 0.2) is 0 Å². The van der Waals surface area contributed by atoms with Gasteiger partial charge in [0.1, 0.15) is 11.6 Å². The average Bonchev–Trinajstić information content (AvgIpc) is 2.64. The molecule has 5 nitrogen and oxygen atoms in total. The number of anilines is 3. The number of hydrogen-bond acceptors (Lipinski definition) is 4. The molecule has 0 bridgehead atoms. The molecule has 1 heterocycles. The second kappa shape index (κ2) is 7.23. The number of rotatable bonds is 4. The Balaban J connectivity index is 1.65. The summed E-state index contributed by atoms with van der Waals surface area (Å²) < 4.78 is 13.2. The van der Waals surface area contributed by atoms with Crippen molar-refractivity contribution in [2.75, 3.05) is 10.6 Å². The molecule has 0 atom stereocenters. The lowest BCUT2D eigenvalue weighted by Crippen LogP contribution is -2.12. The summed E-state index contributed by atoms with van der Waals surface area (Å²) in [4.78, 5) is 16.3. The fourth-order valence-electron chi connectivity index (χ4n) is 2.15. The first-order valence-electron chi connectivity index (χ1n) is 7.44. The molecule has 0 saturated heterocycles. The van der Waals surface area contributed by atoms with E-state index in [9.17, 15) is 9.18 Å². The van der Waals surface area contributed by atoms with Gasteiger partial charge in [-0.15, -0.1) is 0 Å². The van der Waals surface area contributed by atoms with Gasteiger partial charge < -0.3 is 10.6 Å². The molecule has 0 radical (unpaired) electrons. The summed E-state index contributed by atoms with van der Waals surface area (Å²) in [5.41, 5.74) is 2.11. The van der Waals surface area contributed by atoms with Crippen molar-refractivity contribution in [2.45, 2.75) is 0 Å². The van der Waals surface area contributed by atoms with Crippen LogP contribution in [0.3, 0.4) is 0 Å². The molecule has 25 heavy (non-hydrogen) atoms. The molecule has 1 amide bonds. The maximum absolute atomic E-state index is 13.2. The van der Waals surface area contributed by atoms with Crippen molar-refractivity contribution < 1.29 is 9.18 Å². The van der Waals surface area contributed by atoms with E-state index in [0.29, 0.717) is 17.1 Å². The van der Waals surface area contributed by atoms with Crippen molar-refractivity contribution in [3.05, 3.63) is 83.8 Å². The average molecular weight is 332 g/mol. The zero-order valence-corrected chi connectivity index (χ0v) is 13.0. The minimum atomic E-state index is -0.465. The van der Waals surface area contributed by atoms with E-state index in [2.05, 4.69) is 21.7 Å². The van der Waals surface area contributed by atoms with Crippen LogP contribution in [0.5, 0.6) is 0 Å². The third kappa shape index (κ3) is 4.18. The molecular formula is C19H13FN4O. The summed E-state index contributed by atoms with van der Waals surface area (Å²) in [5.74, 6) is -0.282. The number of hydrogen-bond donors (Lipinski definition) is 2. The Labute approximate surface area is 143 Å². The first kappa shape index (κ1) is 16.1. The number of benzene rings is 2. The first-order chi connectivity index (χ1) is 12.1. The number of pyridine rings is 1. The number of halogens is 1. The third-order valence-corrected chi connectivity index (χ3v) is 3.39. The highest BCUT2D eigenvalue weighted by molar-refractivity contribution is 6.04. The number of nitriles is 1. The largest absolute Gasteiger partial charge is 0.340 e. The standard InChI is InChI=1S/C19H13FN4O/c20-15-3-1-2-14(10-15)19(25)24-17-8-9-18(22-12-17)23-16-6-4-13(11-21)5-7-16/h1-10,12H,(H,22,23)(H,24,25). The summed E-state index contributed by atoms with van der Waals surface area (Å²) in [6, 6.07) is 17.9. The van der Waals surface area contributed by atoms with Gasteiger partial charge in [-0.3, -0.25) is 4.79 Å². The molecule has 0 aliphatic carbocycles. The van der Waals surface area contributed by atoms with Crippen LogP contribution in [-0.2, 0) is 0 Å². The van der Waals surface area contributed by atoms with Crippen LogP contribution in [0, 0.1) is 17.1 Å². The topological polar surface area (TPSA) is 77.8 Å². The molecule has 0 fully saturated rings. The Kier molecular flexibility index (Phi) is 4.67. The molecule has 2 N–H and O–H groups in total. The van der Waals surface area contributed by atoms with E-state index >= 15 is 0 Å². The van der Waals surface area contributed by atoms with Crippen molar-refractivity contribution in [2.24, 2.45) is 0 Å². The van der Waals surface area contributed by atoms with Gasteiger partial charge in [0.05, 0.1) is 23.5 Å². The number of nitrogens with one attached hydrogen (secondary N) is 2. The Hall–Kier alpha value is -3.72. The van der Waals surface area contributed by atoms with Crippen molar-refractivity contribution in [1.29, 1.82) is 5.26 Å². The highest BCUT2D eigenvalue weighted by atomic mass is 19.1. The number of carbonyl (C=O) groups is 1. The predicted molar refractivity (Wildman–Crippen MR) is 93.0 cm³/mol. The zero-order chi connectivity index (χ0) is 17.6. The van der Waals surface area contributed by atoms with Crippen LogP contribution < -0.4 is 10.6 Å². The Morgan fingerprint density at radius 1 is 1.04 bits per heavy atom. The number of amides is 1. The summed E-state index contributed by atoms with van der Waals surface area (Å²) in [6.45, 7) is 0. The van der Waals surface area contributed by atoms with Crippen LogP contribution in [0.2, 0.25) is 0 Å². The maximum atomic E-state index is 13.2. The molecule has 122 valence electrons. The quantitative estimate of drug-likeness (QED) is 0.754. The lowest BCUT2D eigenvalue weighted by atomic mass is 10.2. The predicted octanol–water partition coefficient (Wildman–Crippen LogP) is 4.09. The van der Waals surface area contributed by atoms with E-state index in [1.807, 2.05) is 0 Å². The lowest BCUT2D eigenvalue weighted by Gasteiger charge is -2.08. The van der Waals surface area contributed by atoms with E-state index in [4.69, 9.17) is 5.26 Å². The SMILES string of the molecule is N#Cc1ccc(Nc2ccc(NC(=O)c3cccc(F)c3)cn2)cc1. The lowest BCUT2D eigenvalue weighted by molar-refractivity contribution is 0.102. The summed E-state index contributed by atoms with van der Waals surface area (Å²) in [6.07, 6.45) is 1.50. The fraction of sp³-hybridized carbons (Fsp3) is 0. The van der Waals surface area contributed by atoms with E-state index < -0.39 is 11.7 Å². The van der Waals surface area contributed by atoms with Crippen LogP contribution in [-0.4, -0.2) is 10.9 Å². The molecule has 0 unspecified atom stereocenters. The van der Waals surface area contributed by atoms with Crippen molar-refractivity contribution in [3.8, 4) is 6.07 Å². The van der Waals surface area contributed by atoms with Crippen molar-refractivity contribution >= 4 is 23.1 Å². The van der Waals surface area contributed by atoms with Crippen molar-refractivity contribution in [1.82, 2.24) is 4.98 Å². The van der Waals surface area contributed by atoms with Gasteiger partial charge in [0, 0.05) is 11.3 Å². The Morgan fingerprint density at radius 2 is 1.80 bits per heavy atom. The van der Waals surface area contributed by atoms with Gasteiger partial charge in [0.2, 0.25) is 0 Å². The number of aromatic nitrogens is 1. The van der Waals surface area contributed by atoms with Crippen LogP contribution in [0.25, 0.3) is 0 Å². The van der Waals surface area contributed by atoms with Crippen LogP contribution in [0.4, 0.5) is 21.6 Å². The molecule has 0 saturated carbocycles. The molecule has 3 rings (SSSR count). The highest BCUT2D eigenvalue weighted by Crippen LogP contribution is 2.17. The maximum Gasteiger partial charge on any atom is 0.255 e. The van der Waals surface area contributed by atoms with Crippen LogP contribution in [0.1, 0.15) is 15.9 Å². The van der Waals surface area contributed by atoms with Gasteiger partial charge in [-0.05, 0) is 54.6 Å². The molecule has 1 aromatic heterocycles. The molecule has 0 aliphatic rings. The first-order valence-corrected chi connectivity index (χ1v) is 7.44. The van der Waals surface area contributed by atoms with Gasteiger partial charge in [-0.2, -0.15) is 5.26 Å². The fourth-order valence-corrected chi connectivity index (χ4v) is 2.15. The second-order valence-corrected chi connectivity index (χ2v) is 5.21. The van der Waals surface area contributed by atoms with Gasteiger partial charge in [0.25, 0.3) is 5.91 Å².